The van der Waals surface area contributed by atoms with E-state index in [1.807, 2.05) is 0 Å². The van der Waals surface area contributed by atoms with Gasteiger partial charge >= 0.3 is 5.69 Å². The SMILES string of the molecule is O=c1[nH]ncn1-c1ccc(F)c(Br)c1F. The molecule has 1 heterocycles. The molecule has 0 aliphatic heterocycles. The first-order valence-electron chi connectivity index (χ1n) is 3.87. The number of nitrogens with zero attached hydrogens (tertiary/aromatic N) is 2. The molecular formula is C8H4BrF2N3O. The number of H-pyrrole nitrogens is 1. The number of halogens is 3. The fourth-order valence-electron chi connectivity index (χ4n) is 1.12. The lowest BCUT2D eigenvalue weighted by Crippen LogP contribution is -2.15. The Morgan fingerprint density at radius 1 is 1.40 bits per heavy atom. The molecule has 0 bridgehead atoms. The molecule has 0 spiro atoms. The van der Waals surface area contributed by atoms with Crippen molar-refractivity contribution < 1.29 is 8.78 Å². The van der Waals surface area contributed by atoms with Crippen LogP contribution in [0.1, 0.15) is 0 Å². The maximum Gasteiger partial charge on any atom is 0.347 e. The Kier molecular flexibility index (Phi) is 2.39. The van der Waals surface area contributed by atoms with E-state index in [4.69, 9.17) is 0 Å². The molecule has 0 saturated carbocycles. The standard InChI is InChI=1S/C8H4BrF2N3O/c9-6-4(10)1-2-5(7(6)11)14-3-12-13-8(14)15/h1-3H,(H,13,15). The van der Waals surface area contributed by atoms with Gasteiger partial charge in [0.2, 0.25) is 0 Å². The molecule has 0 atom stereocenters. The molecule has 2 rings (SSSR count). The van der Waals surface area contributed by atoms with Gasteiger partial charge in [0, 0.05) is 0 Å². The summed E-state index contributed by atoms with van der Waals surface area (Å²) in [6.07, 6.45) is 1.12. The lowest BCUT2D eigenvalue weighted by atomic mass is 10.3. The maximum absolute atomic E-state index is 13.5. The molecule has 0 amide bonds. The summed E-state index contributed by atoms with van der Waals surface area (Å²) >= 11 is 2.74. The van der Waals surface area contributed by atoms with E-state index in [-0.39, 0.29) is 10.2 Å². The van der Waals surface area contributed by atoms with Crippen molar-refractivity contribution >= 4 is 15.9 Å². The first-order valence-corrected chi connectivity index (χ1v) is 4.66. The van der Waals surface area contributed by atoms with Gasteiger partial charge in [-0.2, -0.15) is 5.10 Å². The van der Waals surface area contributed by atoms with Gasteiger partial charge in [-0.15, -0.1) is 0 Å². The summed E-state index contributed by atoms with van der Waals surface area (Å²) in [5.41, 5.74) is -0.658. The Morgan fingerprint density at radius 2 is 2.13 bits per heavy atom. The highest BCUT2D eigenvalue weighted by atomic mass is 79.9. The van der Waals surface area contributed by atoms with Crippen molar-refractivity contribution in [2.75, 3.05) is 0 Å². The summed E-state index contributed by atoms with van der Waals surface area (Å²) < 4.78 is 27.1. The molecule has 2 aromatic rings. The summed E-state index contributed by atoms with van der Waals surface area (Å²) in [6, 6.07) is 2.22. The Labute approximate surface area is 90.7 Å². The van der Waals surface area contributed by atoms with Gasteiger partial charge in [0.1, 0.15) is 12.1 Å². The van der Waals surface area contributed by atoms with E-state index < -0.39 is 17.3 Å². The van der Waals surface area contributed by atoms with Crippen LogP contribution in [0.2, 0.25) is 0 Å². The van der Waals surface area contributed by atoms with Gasteiger partial charge in [-0.25, -0.2) is 23.2 Å². The summed E-state index contributed by atoms with van der Waals surface area (Å²) in [4.78, 5) is 11.1. The number of aromatic nitrogens is 3. The number of rotatable bonds is 1. The van der Waals surface area contributed by atoms with Crippen molar-refractivity contribution in [1.29, 1.82) is 0 Å². The maximum atomic E-state index is 13.5. The van der Waals surface area contributed by atoms with Crippen molar-refractivity contribution in [3.8, 4) is 5.69 Å². The van der Waals surface area contributed by atoms with Gasteiger partial charge in [0.15, 0.2) is 5.82 Å². The predicted octanol–water partition coefficient (Wildman–Crippen LogP) is 1.60. The quantitative estimate of drug-likeness (QED) is 0.804. The van der Waals surface area contributed by atoms with Gasteiger partial charge in [0.25, 0.3) is 0 Å². The predicted molar refractivity (Wildman–Crippen MR) is 51.8 cm³/mol. The van der Waals surface area contributed by atoms with E-state index >= 15 is 0 Å². The van der Waals surface area contributed by atoms with Crippen LogP contribution in [0.4, 0.5) is 8.78 Å². The number of aromatic amines is 1. The smallest absolute Gasteiger partial charge is 0.247 e. The average molecular weight is 276 g/mol. The second-order valence-corrected chi connectivity index (χ2v) is 3.52. The molecule has 1 N–H and O–H groups in total. The molecule has 1 aromatic heterocycles. The van der Waals surface area contributed by atoms with Gasteiger partial charge in [-0.3, -0.25) is 0 Å². The van der Waals surface area contributed by atoms with Gasteiger partial charge in [-0.1, -0.05) is 0 Å². The third-order valence-corrected chi connectivity index (χ3v) is 2.55. The minimum atomic E-state index is -0.849. The van der Waals surface area contributed by atoms with E-state index in [0.717, 1.165) is 23.0 Å². The van der Waals surface area contributed by atoms with Crippen LogP contribution in [-0.2, 0) is 0 Å². The topological polar surface area (TPSA) is 50.7 Å². The molecule has 7 heteroatoms. The minimum absolute atomic E-state index is 0.0676. The van der Waals surface area contributed by atoms with Crippen LogP contribution in [0.3, 0.4) is 0 Å². The summed E-state index contributed by atoms with van der Waals surface area (Å²) in [5, 5.41) is 5.55. The summed E-state index contributed by atoms with van der Waals surface area (Å²) in [6.45, 7) is 0. The molecule has 0 fully saturated rings. The van der Waals surface area contributed by atoms with Crippen LogP contribution < -0.4 is 5.69 Å². The largest absolute Gasteiger partial charge is 0.347 e. The molecule has 0 radical (unpaired) electrons. The Bertz CT molecular complexity index is 563. The van der Waals surface area contributed by atoms with Crippen LogP contribution >= 0.6 is 15.9 Å². The molecular weight excluding hydrogens is 272 g/mol. The zero-order chi connectivity index (χ0) is 11.0. The molecule has 15 heavy (non-hydrogen) atoms. The summed E-state index contributed by atoms with van der Waals surface area (Å²) in [7, 11) is 0. The van der Waals surface area contributed by atoms with E-state index in [2.05, 4.69) is 26.1 Å². The third kappa shape index (κ3) is 1.58. The number of nitrogens with one attached hydrogen (secondary N) is 1. The average Bonchev–Trinajstić information content (AvgIpc) is 2.62. The molecule has 0 aliphatic carbocycles. The van der Waals surface area contributed by atoms with Crippen molar-refractivity contribution in [1.82, 2.24) is 14.8 Å². The van der Waals surface area contributed by atoms with Crippen LogP contribution in [0.5, 0.6) is 0 Å². The van der Waals surface area contributed by atoms with Gasteiger partial charge in [0.05, 0.1) is 10.2 Å². The van der Waals surface area contributed by atoms with Crippen LogP contribution in [0, 0.1) is 11.6 Å². The molecule has 0 saturated heterocycles. The van der Waals surface area contributed by atoms with Crippen LogP contribution in [0.15, 0.2) is 27.7 Å². The van der Waals surface area contributed by atoms with Crippen LogP contribution in [-0.4, -0.2) is 14.8 Å². The van der Waals surface area contributed by atoms with Crippen molar-refractivity contribution in [3.05, 3.63) is 45.1 Å². The van der Waals surface area contributed by atoms with E-state index in [9.17, 15) is 13.6 Å². The minimum Gasteiger partial charge on any atom is -0.247 e. The number of hydrogen-bond donors (Lipinski definition) is 1. The monoisotopic (exact) mass is 275 g/mol. The lowest BCUT2D eigenvalue weighted by Gasteiger charge is -2.04. The molecule has 0 aliphatic rings. The second-order valence-electron chi connectivity index (χ2n) is 2.73. The Hall–Kier alpha value is -1.50. The van der Waals surface area contributed by atoms with E-state index in [1.54, 1.807) is 0 Å². The highest BCUT2D eigenvalue weighted by Gasteiger charge is 2.13. The van der Waals surface area contributed by atoms with E-state index in [1.165, 1.54) is 0 Å². The second kappa shape index (κ2) is 3.58. The Balaban J connectivity index is 2.70. The lowest BCUT2D eigenvalue weighted by molar-refractivity contribution is 0.565. The normalized spacial score (nSPS) is 10.6. The third-order valence-electron chi connectivity index (χ3n) is 1.83. The van der Waals surface area contributed by atoms with Gasteiger partial charge in [-0.05, 0) is 28.1 Å². The highest BCUT2D eigenvalue weighted by molar-refractivity contribution is 9.10. The van der Waals surface area contributed by atoms with Crippen molar-refractivity contribution in [2.45, 2.75) is 0 Å². The first-order chi connectivity index (χ1) is 7.11. The van der Waals surface area contributed by atoms with Crippen molar-refractivity contribution in [3.63, 3.8) is 0 Å². The fraction of sp³-hybridized carbons (Fsp3) is 0. The number of benzene rings is 1. The number of hydrogen-bond acceptors (Lipinski definition) is 2. The molecule has 4 nitrogen and oxygen atoms in total. The zero-order valence-electron chi connectivity index (χ0n) is 7.17. The molecule has 1 aromatic carbocycles. The Morgan fingerprint density at radius 3 is 2.73 bits per heavy atom. The molecule has 0 unspecified atom stereocenters. The van der Waals surface area contributed by atoms with Crippen LogP contribution in [0.25, 0.3) is 5.69 Å². The highest BCUT2D eigenvalue weighted by Crippen LogP contribution is 2.23. The molecule has 78 valence electrons. The summed E-state index contributed by atoms with van der Waals surface area (Å²) in [5.74, 6) is -1.58. The zero-order valence-corrected chi connectivity index (χ0v) is 8.75. The van der Waals surface area contributed by atoms with Crippen molar-refractivity contribution in [2.24, 2.45) is 0 Å². The van der Waals surface area contributed by atoms with E-state index in [0.29, 0.717) is 0 Å². The van der Waals surface area contributed by atoms with Gasteiger partial charge < -0.3 is 0 Å². The fourth-order valence-corrected chi connectivity index (χ4v) is 1.46. The first kappa shape index (κ1) is 10.0.